The number of nitrogens with one attached hydrogen (secondary N) is 1. The monoisotopic (exact) mass is 345 g/mol. The number of hydrogen-bond donors (Lipinski definition) is 2. The first kappa shape index (κ1) is 17.6. The van der Waals surface area contributed by atoms with E-state index in [0.29, 0.717) is 23.0 Å². The number of amides is 1. The molecule has 0 unspecified atom stereocenters. The van der Waals surface area contributed by atoms with Crippen LogP contribution in [0.25, 0.3) is 0 Å². The van der Waals surface area contributed by atoms with Crippen LogP contribution in [0.4, 0.5) is 10.5 Å². The number of aliphatic carboxylic acids is 1. The SMILES string of the molecule is O=C(O)CSC(=O)c1ccc(NC(=O)OCc2ccccc2)cc1. The zero-order chi connectivity index (χ0) is 17.4. The van der Waals surface area contributed by atoms with Crippen molar-refractivity contribution in [3.63, 3.8) is 0 Å². The number of ether oxygens (including phenoxy) is 1. The van der Waals surface area contributed by atoms with Gasteiger partial charge >= 0.3 is 12.1 Å². The summed E-state index contributed by atoms with van der Waals surface area (Å²) in [6, 6.07) is 15.4. The Kier molecular flexibility index (Phi) is 6.39. The molecule has 0 heterocycles. The van der Waals surface area contributed by atoms with Gasteiger partial charge in [-0.05, 0) is 29.8 Å². The van der Waals surface area contributed by atoms with Gasteiger partial charge in [-0.1, -0.05) is 42.1 Å². The van der Waals surface area contributed by atoms with Gasteiger partial charge in [-0.3, -0.25) is 14.9 Å². The van der Waals surface area contributed by atoms with Gasteiger partial charge in [0.2, 0.25) is 5.12 Å². The first-order chi connectivity index (χ1) is 11.5. The quantitative estimate of drug-likeness (QED) is 0.833. The van der Waals surface area contributed by atoms with Crippen molar-refractivity contribution < 1.29 is 24.2 Å². The van der Waals surface area contributed by atoms with Gasteiger partial charge in [-0.25, -0.2) is 4.79 Å². The zero-order valence-electron chi connectivity index (χ0n) is 12.6. The lowest BCUT2D eigenvalue weighted by Gasteiger charge is -2.07. The Morgan fingerprint density at radius 2 is 1.67 bits per heavy atom. The van der Waals surface area contributed by atoms with Crippen molar-refractivity contribution >= 4 is 34.6 Å². The maximum Gasteiger partial charge on any atom is 0.411 e. The standard InChI is InChI=1S/C17H15NO5S/c19-15(20)11-24-16(21)13-6-8-14(9-7-13)18-17(22)23-10-12-4-2-1-3-5-12/h1-9H,10-11H2,(H,18,22)(H,19,20). The highest BCUT2D eigenvalue weighted by atomic mass is 32.2. The van der Waals surface area contributed by atoms with Gasteiger partial charge in [0.1, 0.15) is 6.61 Å². The summed E-state index contributed by atoms with van der Waals surface area (Å²) < 4.78 is 5.09. The summed E-state index contributed by atoms with van der Waals surface area (Å²) in [7, 11) is 0. The van der Waals surface area contributed by atoms with Gasteiger partial charge in [-0.2, -0.15) is 0 Å². The minimum absolute atomic E-state index is 0.162. The Morgan fingerprint density at radius 1 is 1.00 bits per heavy atom. The lowest BCUT2D eigenvalue weighted by molar-refractivity contribution is -0.133. The Bertz CT molecular complexity index is 716. The first-order valence-electron chi connectivity index (χ1n) is 7.01. The predicted molar refractivity (Wildman–Crippen MR) is 91.1 cm³/mol. The predicted octanol–water partition coefficient (Wildman–Crippen LogP) is 3.39. The average molecular weight is 345 g/mol. The Labute approximate surface area is 142 Å². The summed E-state index contributed by atoms with van der Waals surface area (Å²) in [4.78, 5) is 33.9. The van der Waals surface area contributed by atoms with Gasteiger partial charge < -0.3 is 9.84 Å². The Hall–Kier alpha value is -2.80. The van der Waals surface area contributed by atoms with Crippen molar-refractivity contribution in [2.45, 2.75) is 6.61 Å². The summed E-state index contributed by atoms with van der Waals surface area (Å²) in [5.74, 6) is -1.34. The zero-order valence-corrected chi connectivity index (χ0v) is 13.4. The average Bonchev–Trinajstić information content (AvgIpc) is 2.59. The van der Waals surface area contributed by atoms with Crippen molar-refractivity contribution in [2.75, 3.05) is 11.1 Å². The molecule has 0 radical (unpaired) electrons. The molecular formula is C17H15NO5S. The number of carboxylic acids is 1. The first-order valence-corrected chi connectivity index (χ1v) is 8.00. The van der Waals surface area contributed by atoms with Crippen LogP contribution in [0.1, 0.15) is 15.9 Å². The third-order valence-electron chi connectivity index (χ3n) is 2.91. The third-order valence-corrected chi connectivity index (χ3v) is 3.80. The fraction of sp³-hybridized carbons (Fsp3) is 0.118. The molecular weight excluding hydrogens is 330 g/mol. The number of thioether (sulfide) groups is 1. The van der Waals surface area contributed by atoms with Crippen LogP contribution in [-0.4, -0.2) is 28.0 Å². The number of hydrogen-bond acceptors (Lipinski definition) is 5. The van der Waals surface area contributed by atoms with E-state index in [4.69, 9.17) is 9.84 Å². The minimum atomic E-state index is -1.05. The largest absolute Gasteiger partial charge is 0.481 e. The molecule has 2 rings (SSSR count). The molecule has 0 aliphatic heterocycles. The molecule has 0 spiro atoms. The molecule has 6 nitrogen and oxygen atoms in total. The van der Waals surface area contributed by atoms with Crippen LogP contribution < -0.4 is 5.32 Å². The van der Waals surface area contributed by atoms with E-state index in [2.05, 4.69) is 5.32 Å². The van der Waals surface area contributed by atoms with Gasteiger partial charge in [0.15, 0.2) is 0 Å². The second kappa shape index (κ2) is 8.73. The Balaban J connectivity index is 1.83. The molecule has 0 bridgehead atoms. The maximum atomic E-state index is 11.7. The number of carbonyl (C=O) groups is 3. The maximum absolute atomic E-state index is 11.7. The summed E-state index contributed by atoms with van der Waals surface area (Å²) in [6.07, 6.45) is -0.599. The normalized spacial score (nSPS) is 10.0. The molecule has 7 heteroatoms. The second-order valence-corrected chi connectivity index (χ2v) is 5.68. The number of anilines is 1. The summed E-state index contributed by atoms with van der Waals surface area (Å²) >= 11 is 0.713. The fourth-order valence-corrected chi connectivity index (χ4v) is 2.33. The third kappa shape index (κ3) is 5.77. The lowest BCUT2D eigenvalue weighted by atomic mass is 10.2. The molecule has 2 aromatic rings. The highest BCUT2D eigenvalue weighted by Crippen LogP contribution is 2.16. The molecule has 0 aromatic heterocycles. The molecule has 0 saturated carbocycles. The van der Waals surface area contributed by atoms with Crippen molar-refractivity contribution in [3.05, 3.63) is 65.7 Å². The Morgan fingerprint density at radius 3 is 2.29 bits per heavy atom. The lowest BCUT2D eigenvalue weighted by Crippen LogP contribution is -2.13. The van der Waals surface area contributed by atoms with E-state index >= 15 is 0 Å². The van der Waals surface area contributed by atoms with Crippen LogP contribution in [0.15, 0.2) is 54.6 Å². The van der Waals surface area contributed by atoms with E-state index in [1.54, 1.807) is 12.1 Å². The van der Waals surface area contributed by atoms with E-state index in [1.165, 1.54) is 12.1 Å². The molecule has 124 valence electrons. The van der Waals surface area contributed by atoms with Crippen LogP contribution in [0.5, 0.6) is 0 Å². The summed E-state index contributed by atoms with van der Waals surface area (Å²) in [5.41, 5.74) is 1.72. The second-order valence-electron chi connectivity index (χ2n) is 4.73. The smallest absolute Gasteiger partial charge is 0.411 e. The molecule has 0 fully saturated rings. The topological polar surface area (TPSA) is 92.7 Å². The van der Waals surface area contributed by atoms with Crippen LogP contribution in [0.3, 0.4) is 0 Å². The van der Waals surface area contributed by atoms with Crippen molar-refractivity contribution in [1.82, 2.24) is 0 Å². The molecule has 24 heavy (non-hydrogen) atoms. The minimum Gasteiger partial charge on any atom is -0.481 e. The highest BCUT2D eigenvalue weighted by Gasteiger charge is 2.10. The van der Waals surface area contributed by atoms with Crippen molar-refractivity contribution in [3.8, 4) is 0 Å². The molecule has 0 saturated heterocycles. The van der Waals surface area contributed by atoms with Crippen LogP contribution in [-0.2, 0) is 16.1 Å². The molecule has 0 atom stereocenters. The summed E-state index contributed by atoms with van der Waals surface area (Å²) in [5, 5.41) is 10.8. The van der Waals surface area contributed by atoms with E-state index in [9.17, 15) is 14.4 Å². The van der Waals surface area contributed by atoms with E-state index < -0.39 is 12.1 Å². The van der Waals surface area contributed by atoms with E-state index in [1.807, 2.05) is 30.3 Å². The van der Waals surface area contributed by atoms with E-state index in [-0.39, 0.29) is 17.5 Å². The van der Waals surface area contributed by atoms with Gasteiger partial charge in [-0.15, -0.1) is 0 Å². The van der Waals surface area contributed by atoms with E-state index in [0.717, 1.165) is 5.56 Å². The molecule has 0 aliphatic carbocycles. The molecule has 2 aromatic carbocycles. The number of benzene rings is 2. The number of rotatable bonds is 6. The van der Waals surface area contributed by atoms with Crippen LogP contribution in [0.2, 0.25) is 0 Å². The number of carboxylic acid groups (broad SMARTS) is 1. The highest BCUT2D eigenvalue weighted by molar-refractivity contribution is 8.14. The fourth-order valence-electron chi connectivity index (χ4n) is 1.78. The number of carbonyl (C=O) groups excluding carboxylic acids is 2. The van der Waals surface area contributed by atoms with Crippen LogP contribution in [0, 0.1) is 0 Å². The molecule has 2 N–H and O–H groups in total. The van der Waals surface area contributed by atoms with Crippen molar-refractivity contribution in [1.29, 1.82) is 0 Å². The van der Waals surface area contributed by atoms with Crippen molar-refractivity contribution in [2.24, 2.45) is 0 Å². The van der Waals surface area contributed by atoms with Gasteiger partial charge in [0.25, 0.3) is 0 Å². The van der Waals surface area contributed by atoms with Gasteiger partial charge in [0.05, 0.1) is 5.75 Å². The molecule has 1 amide bonds. The molecule has 0 aliphatic rings. The van der Waals surface area contributed by atoms with Crippen LogP contribution >= 0.6 is 11.8 Å². The van der Waals surface area contributed by atoms with Gasteiger partial charge in [0, 0.05) is 11.3 Å². The summed E-state index contributed by atoms with van der Waals surface area (Å²) in [6.45, 7) is 0.162.